The number of para-hydroxylation sites is 1. The van der Waals surface area contributed by atoms with Gasteiger partial charge in [-0.3, -0.25) is 14.9 Å². The molecule has 0 heterocycles. The van der Waals surface area contributed by atoms with Crippen LogP contribution in [-0.4, -0.2) is 22.2 Å². The van der Waals surface area contributed by atoms with Gasteiger partial charge in [0.2, 0.25) is 5.75 Å². The van der Waals surface area contributed by atoms with E-state index in [9.17, 15) is 20.0 Å². The summed E-state index contributed by atoms with van der Waals surface area (Å²) >= 11 is 5.97. The molecule has 0 aliphatic heterocycles. The van der Waals surface area contributed by atoms with Crippen LogP contribution in [0.5, 0.6) is 5.75 Å². The smallest absolute Gasteiger partial charge is 0.311 e. The van der Waals surface area contributed by atoms with Crippen LogP contribution in [0, 0.1) is 17.0 Å². The fourth-order valence-corrected chi connectivity index (χ4v) is 2.15. The molecular weight excluding hydrogens is 322 g/mol. The van der Waals surface area contributed by atoms with E-state index in [1.807, 2.05) is 6.92 Å². The van der Waals surface area contributed by atoms with Crippen molar-refractivity contribution in [2.75, 3.05) is 0 Å². The summed E-state index contributed by atoms with van der Waals surface area (Å²) in [5, 5.41) is 24.4. The summed E-state index contributed by atoms with van der Waals surface area (Å²) in [5.74, 6) is -1.06. The van der Waals surface area contributed by atoms with E-state index in [1.54, 1.807) is 18.2 Å². The van der Waals surface area contributed by atoms with Gasteiger partial charge < -0.3 is 5.11 Å². The maximum absolute atomic E-state index is 11.9. The van der Waals surface area contributed by atoms with Crippen LogP contribution < -0.4 is 5.43 Å². The predicted octanol–water partition coefficient (Wildman–Crippen LogP) is 3.03. The van der Waals surface area contributed by atoms with Gasteiger partial charge in [-0.05, 0) is 30.7 Å². The monoisotopic (exact) mass is 333 g/mol. The van der Waals surface area contributed by atoms with Gasteiger partial charge in [-0.15, -0.1) is 0 Å². The summed E-state index contributed by atoms with van der Waals surface area (Å²) in [4.78, 5) is 22.0. The van der Waals surface area contributed by atoms with Gasteiger partial charge in [0.25, 0.3) is 5.91 Å². The number of aryl methyl sites for hydroxylation is 1. The summed E-state index contributed by atoms with van der Waals surface area (Å²) in [6, 6.07) is 8.93. The second-order valence-electron chi connectivity index (χ2n) is 4.65. The Balaban J connectivity index is 2.14. The zero-order valence-electron chi connectivity index (χ0n) is 12.0. The molecule has 7 nitrogen and oxygen atoms in total. The van der Waals surface area contributed by atoms with Crippen LogP contribution in [0.25, 0.3) is 0 Å². The van der Waals surface area contributed by atoms with Gasteiger partial charge in [-0.1, -0.05) is 23.7 Å². The van der Waals surface area contributed by atoms with Crippen molar-refractivity contribution in [2.24, 2.45) is 5.10 Å². The first kappa shape index (κ1) is 16.4. The largest absolute Gasteiger partial charge is 0.502 e. The fraction of sp³-hybridized carbons (Fsp3) is 0.0667. The first-order valence-electron chi connectivity index (χ1n) is 6.46. The molecule has 2 aromatic carbocycles. The van der Waals surface area contributed by atoms with Gasteiger partial charge >= 0.3 is 5.69 Å². The number of aromatic hydroxyl groups is 1. The average Bonchev–Trinajstić information content (AvgIpc) is 2.48. The Morgan fingerprint density at radius 3 is 2.78 bits per heavy atom. The molecule has 2 rings (SSSR count). The number of halogens is 1. The number of phenolic OH excluding ortho intramolecular Hbond substituents is 1. The summed E-state index contributed by atoms with van der Waals surface area (Å²) in [6.07, 6.45) is 1.11. The molecule has 118 valence electrons. The number of hydrogen-bond acceptors (Lipinski definition) is 5. The lowest BCUT2D eigenvalue weighted by Gasteiger charge is -2.04. The first-order valence-corrected chi connectivity index (χ1v) is 6.84. The van der Waals surface area contributed by atoms with E-state index in [0.29, 0.717) is 0 Å². The molecule has 2 N–H and O–H groups in total. The molecule has 0 atom stereocenters. The number of phenols is 1. The minimum absolute atomic E-state index is 0.106. The third kappa shape index (κ3) is 3.83. The second-order valence-corrected chi connectivity index (χ2v) is 5.06. The Hall–Kier alpha value is -2.93. The highest BCUT2D eigenvalue weighted by atomic mass is 35.5. The van der Waals surface area contributed by atoms with E-state index in [1.165, 1.54) is 12.1 Å². The lowest BCUT2D eigenvalue weighted by atomic mass is 10.1. The lowest BCUT2D eigenvalue weighted by molar-refractivity contribution is -0.385. The van der Waals surface area contributed by atoms with E-state index < -0.39 is 22.3 Å². The van der Waals surface area contributed by atoms with Gasteiger partial charge in [0, 0.05) is 11.6 Å². The summed E-state index contributed by atoms with van der Waals surface area (Å²) in [5.41, 5.74) is 3.07. The molecule has 1 amide bonds. The van der Waals surface area contributed by atoms with E-state index in [4.69, 9.17) is 11.6 Å². The van der Waals surface area contributed by atoms with Gasteiger partial charge in [-0.2, -0.15) is 5.10 Å². The average molecular weight is 334 g/mol. The Morgan fingerprint density at radius 2 is 2.13 bits per heavy atom. The molecule has 0 saturated heterocycles. The highest BCUT2D eigenvalue weighted by Crippen LogP contribution is 2.27. The number of amides is 1. The van der Waals surface area contributed by atoms with Gasteiger partial charge in [0.15, 0.2) is 0 Å². The van der Waals surface area contributed by atoms with Crippen molar-refractivity contribution in [1.29, 1.82) is 0 Å². The number of nitrogens with zero attached hydrogens (tertiary/aromatic N) is 2. The number of hydrazone groups is 1. The Kier molecular flexibility index (Phi) is 4.92. The Bertz CT molecular complexity index is 805. The van der Waals surface area contributed by atoms with E-state index in [0.717, 1.165) is 17.8 Å². The summed E-state index contributed by atoms with van der Waals surface area (Å²) < 4.78 is 0. The molecule has 0 radical (unpaired) electrons. The van der Waals surface area contributed by atoms with Crippen LogP contribution in [0.2, 0.25) is 5.02 Å². The van der Waals surface area contributed by atoms with E-state index in [-0.39, 0.29) is 16.1 Å². The number of nitro benzene ring substituents is 1. The van der Waals surface area contributed by atoms with Crippen LogP contribution >= 0.6 is 11.6 Å². The molecule has 0 unspecified atom stereocenters. The SMILES string of the molecule is Cc1ccc(C(=O)N/N=C/c2cccc([N+](=O)[O-])c2O)c(Cl)c1. The Labute approximate surface area is 136 Å². The van der Waals surface area contributed by atoms with E-state index >= 15 is 0 Å². The second kappa shape index (κ2) is 6.89. The third-order valence-corrected chi connectivity index (χ3v) is 3.29. The molecule has 0 aromatic heterocycles. The van der Waals surface area contributed by atoms with Crippen LogP contribution in [0.1, 0.15) is 21.5 Å². The highest BCUT2D eigenvalue weighted by Gasteiger charge is 2.15. The van der Waals surface area contributed by atoms with Crippen molar-refractivity contribution in [3.63, 3.8) is 0 Å². The maximum atomic E-state index is 11.9. The zero-order valence-corrected chi connectivity index (χ0v) is 12.7. The Morgan fingerprint density at radius 1 is 1.39 bits per heavy atom. The van der Waals surface area contributed by atoms with Crippen LogP contribution in [-0.2, 0) is 0 Å². The molecule has 23 heavy (non-hydrogen) atoms. The summed E-state index contributed by atoms with van der Waals surface area (Å²) in [6.45, 7) is 1.84. The molecule has 0 bridgehead atoms. The molecule has 8 heteroatoms. The van der Waals surface area contributed by atoms with Gasteiger partial charge in [0.1, 0.15) is 0 Å². The fourth-order valence-electron chi connectivity index (χ4n) is 1.83. The number of carbonyl (C=O) groups is 1. The van der Waals surface area contributed by atoms with Crippen LogP contribution in [0.3, 0.4) is 0 Å². The van der Waals surface area contributed by atoms with Crippen molar-refractivity contribution < 1.29 is 14.8 Å². The van der Waals surface area contributed by atoms with Crippen LogP contribution in [0.15, 0.2) is 41.5 Å². The number of rotatable bonds is 4. The van der Waals surface area contributed by atoms with Crippen molar-refractivity contribution in [1.82, 2.24) is 5.43 Å². The summed E-state index contributed by atoms with van der Waals surface area (Å²) in [7, 11) is 0. The van der Waals surface area contributed by atoms with Crippen LogP contribution in [0.4, 0.5) is 5.69 Å². The number of carbonyl (C=O) groups excluding carboxylic acids is 1. The molecule has 0 fully saturated rings. The molecule has 2 aromatic rings. The number of benzene rings is 2. The molecular formula is C15H12ClN3O4. The molecule has 0 spiro atoms. The van der Waals surface area contributed by atoms with Gasteiger partial charge in [0.05, 0.1) is 21.7 Å². The van der Waals surface area contributed by atoms with Crippen molar-refractivity contribution in [2.45, 2.75) is 6.92 Å². The van der Waals surface area contributed by atoms with Crippen molar-refractivity contribution in [3.05, 3.63) is 68.2 Å². The standard InChI is InChI=1S/C15H12ClN3O4/c1-9-5-6-11(12(16)7-9)15(21)18-17-8-10-3-2-4-13(14(10)20)19(22)23/h2-8,20H,1H3,(H,18,21)/b17-8+. The van der Waals surface area contributed by atoms with E-state index in [2.05, 4.69) is 10.5 Å². The minimum atomic E-state index is -0.711. The molecule has 0 aliphatic carbocycles. The zero-order chi connectivity index (χ0) is 17.0. The van der Waals surface area contributed by atoms with Gasteiger partial charge in [-0.25, -0.2) is 5.43 Å². The highest BCUT2D eigenvalue weighted by molar-refractivity contribution is 6.33. The number of hydrogen-bond donors (Lipinski definition) is 2. The molecule has 0 aliphatic rings. The topological polar surface area (TPSA) is 105 Å². The minimum Gasteiger partial charge on any atom is -0.502 e. The number of nitrogens with one attached hydrogen (secondary N) is 1. The molecule has 0 saturated carbocycles. The predicted molar refractivity (Wildman–Crippen MR) is 86.0 cm³/mol. The van der Waals surface area contributed by atoms with Crippen molar-refractivity contribution >= 4 is 29.4 Å². The third-order valence-electron chi connectivity index (χ3n) is 2.98. The maximum Gasteiger partial charge on any atom is 0.311 e. The van der Waals surface area contributed by atoms with Crippen molar-refractivity contribution in [3.8, 4) is 5.75 Å². The first-order chi connectivity index (χ1) is 10.9. The lowest BCUT2D eigenvalue weighted by Crippen LogP contribution is -2.18. The number of nitro groups is 1. The quantitative estimate of drug-likeness (QED) is 0.509. The normalized spacial score (nSPS) is 10.7.